The highest BCUT2D eigenvalue weighted by Gasteiger charge is 2.22. The van der Waals surface area contributed by atoms with Crippen molar-refractivity contribution in [3.05, 3.63) is 36.5 Å². The van der Waals surface area contributed by atoms with E-state index in [4.69, 9.17) is 18.5 Å². The fraction of sp³-hybridized carbons (Fsp3) is 0.860. The van der Waals surface area contributed by atoms with Crippen molar-refractivity contribution >= 4 is 19.8 Å². The van der Waals surface area contributed by atoms with Crippen molar-refractivity contribution < 1.29 is 42.1 Å². The fourth-order valence-electron chi connectivity index (χ4n) is 8.02. The number of unbranched alkanes of at least 4 members (excludes halogenated alkanes) is 32. The van der Waals surface area contributed by atoms with Gasteiger partial charge in [0.15, 0.2) is 6.10 Å². The molecule has 0 aromatic heterocycles. The van der Waals surface area contributed by atoms with Gasteiger partial charge in [0.05, 0.1) is 27.7 Å². The predicted molar refractivity (Wildman–Crippen MR) is 282 cm³/mol. The summed E-state index contributed by atoms with van der Waals surface area (Å²) in [6.07, 6.45) is 58.9. The van der Waals surface area contributed by atoms with E-state index >= 15 is 0 Å². The number of ether oxygens (including phenoxy) is 2. The van der Waals surface area contributed by atoms with Crippen LogP contribution in [-0.4, -0.2) is 70.0 Å². The molecule has 67 heavy (non-hydrogen) atoms. The van der Waals surface area contributed by atoms with Gasteiger partial charge in [-0.3, -0.25) is 14.2 Å². The van der Waals surface area contributed by atoms with Crippen LogP contribution in [0, 0.1) is 0 Å². The maximum atomic E-state index is 12.8. The third-order valence-electron chi connectivity index (χ3n) is 12.4. The second kappa shape index (κ2) is 49.2. The Morgan fingerprint density at radius 1 is 0.463 bits per heavy atom. The first kappa shape index (κ1) is 65.2. The zero-order valence-corrected chi connectivity index (χ0v) is 45.5. The Labute approximate surface area is 414 Å². The lowest BCUT2D eigenvalue weighted by Gasteiger charge is -2.28. The fourth-order valence-corrected chi connectivity index (χ4v) is 8.75. The van der Waals surface area contributed by atoms with Crippen LogP contribution in [0.2, 0.25) is 0 Å². The summed E-state index contributed by atoms with van der Waals surface area (Å²) in [5.74, 6) is -0.823. The first-order valence-electron chi connectivity index (χ1n) is 28.2. The average molecular weight is 966 g/mol. The minimum Gasteiger partial charge on any atom is -0.756 e. The van der Waals surface area contributed by atoms with Gasteiger partial charge in [0.2, 0.25) is 0 Å². The summed E-state index contributed by atoms with van der Waals surface area (Å²) in [6, 6.07) is 0. The summed E-state index contributed by atoms with van der Waals surface area (Å²) in [5, 5.41) is 0. The average Bonchev–Trinajstić information content (AvgIpc) is 3.29. The van der Waals surface area contributed by atoms with E-state index in [2.05, 4.69) is 50.3 Å². The zero-order valence-electron chi connectivity index (χ0n) is 44.6. The number of esters is 2. The van der Waals surface area contributed by atoms with Gasteiger partial charge in [-0.25, -0.2) is 0 Å². The van der Waals surface area contributed by atoms with Crippen LogP contribution in [-0.2, 0) is 32.7 Å². The standard InChI is InChI=1S/C57H108NO8P/c1-6-8-10-12-14-16-18-20-22-24-25-26-27-28-29-30-31-32-33-34-36-38-40-42-44-46-48-50-57(60)66-55(54-65-67(61,62)64-52-51-58(3,4)5)53-63-56(59)49-47-45-43-41-39-37-35-23-21-19-17-15-13-11-9-7-2/h18,20,24-25,27-28,55H,6-17,19,21-23,26,29-54H2,1-5H3/b20-18-,25-24-,28-27-. The van der Waals surface area contributed by atoms with Gasteiger partial charge in [0.25, 0.3) is 7.82 Å². The van der Waals surface area contributed by atoms with Crippen LogP contribution in [0.25, 0.3) is 0 Å². The summed E-state index contributed by atoms with van der Waals surface area (Å²) >= 11 is 0. The van der Waals surface area contributed by atoms with E-state index in [1.807, 2.05) is 21.1 Å². The van der Waals surface area contributed by atoms with Crippen molar-refractivity contribution in [3.8, 4) is 0 Å². The van der Waals surface area contributed by atoms with Gasteiger partial charge in [0.1, 0.15) is 19.8 Å². The van der Waals surface area contributed by atoms with E-state index in [1.165, 1.54) is 180 Å². The lowest BCUT2D eigenvalue weighted by molar-refractivity contribution is -0.870. The first-order valence-corrected chi connectivity index (χ1v) is 29.7. The molecular weight excluding hydrogens is 858 g/mol. The van der Waals surface area contributed by atoms with Gasteiger partial charge in [0, 0.05) is 12.8 Å². The molecule has 0 aliphatic heterocycles. The highest BCUT2D eigenvalue weighted by Crippen LogP contribution is 2.38. The van der Waals surface area contributed by atoms with Crippen molar-refractivity contribution in [2.45, 2.75) is 270 Å². The molecule has 0 aromatic rings. The number of carbonyl (C=O) groups is 2. The van der Waals surface area contributed by atoms with Crippen molar-refractivity contribution in [2.75, 3.05) is 47.5 Å². The molecule has 2 atom stereocenters. The van der Waals surface area contributed by atoms with Crippen molar-refractivity contribution in [1.29, 1.82) is 0 Å². The van der Waals surface area contributed by atoms with Crippen LogP contribution in [0.4, 0.5) is 0 Å². The number of carbonyl (C=O) groups excluding carboxylic acids is 2. The lowest BCUT2D eigenvalue weighted by atomic mass is 10.0. The highest BCUT2D eigenvalue weighted by atomic mass is 31.2. The summed E-state index contributed by atoms with van der Waals surface area (Å²) < 4.78 is 34.1. The summed E-state index contributed by atoms with van der Waals surface area (Å²) in [6.45, 7) is 4.26. The molecule has 394 valence electrons. The molecule has 0 heterocycles. The number of nitrogens with zero attached hydrogens (tertiary/aromatic N) is 1. The third kappa shape index (κ3) is 53.4. The van der Waals surface area contributed by atoms with Gasteiger partial charge in [-0.05, 0) is 51.4 Å². The molecule has 0 saturated heterocycles. The van der Waals surface area contributed by atoms with Crippen LogP contribution in [0.15, 0.2) is 36.5 Å². The topological polar surface area (TPSA) is 111 Å². The molecule has 0 N–H and O–H groups in total. The summed E-state index contributed by atoms with van der Waals surface area (Å²) in [4.78, 5) is 37.8. The Kier molecular flexibility index (Phi) is 47.9. The normalized spacial score (nSPS) is 13.6. The van der Waals surface area contributed by atoms with Crippen LogP contribution in [0.1, 0.15) is 264 Å². The smallest absolute Gasteiger partial charge is 0.306 e. The van der Waals surface area contributed by atoms with Crippen molar-refractivity contribution in [2.24, 2.45) is 0 Å². The van der Waals surface area contributed by atoms with E-state index in [-0.39, 0.29) is 32.0 Å². The molecule has 0 rings (SSSR count). The second-order valence-corrected chi connectivity index (χ2v) is 21.7. The second-order valence-electron chi connectivity index (χ2n) is 20.3. The molecule has 0 fully saturated rings. The Morgan fingerprint density at radius 2 is 0.806 bits per heavy atom. The molecule has 0 spiro atoms. The number of quaternary nitrogens is 1. The van der Waals surface area contributed by atoms with Crippen LogP contribution in [0.3, 0.4) is 0 Å². The van der Waals surface area contributed by atoms with Gasteiger partial charge in [-0.1, -0.05) is 237 Å². The number of hydrogen-bond acceptors (Lipinski definition) is 8. The molecule has 9 nitrogen and oxygen atoms in total. The van der Waals surface area contributed by atoms with Crippen molar-refractivity contribution in [1.82, 2.24) is 0 Å². The van der Waals surface area contributed by atoms with E-state index < -0.39 is 26.5 Å². The number of hydrogen-bond donors (Lipinski definition) is 0. The van der Waals surface area contributed by atoms with E-state index in [9.17, 15) is 19.0 Å². The molecule has 0 aromatic carbocycles. The maximum absolute atomic E-state index is 12.8. The van der Waals surface area contributed by atoms with Gasteiger partial charge in [-0.2, -0.15) is 0 Å². The third-order valence-corrected chi connectivity index (χ3v) is 13.4. The Bertz CT molecular complexity index is 1230. The van der Waals surface area contributed by atoms with E-state index in [1.54, 1.807) is 0 Å². The molecule has 0 amide bonds. The van der Waals surface area contributed by atoms with E-state index in [0.29, 0.717) is 17.4 Å². The monoisotopic (exact) mass is 966 g/mol. The summed E-state index contributed by atoms with van der Waals surface area (Å²) in [5.41, 5.74) is 0. The lowest BCUT2D eigenvalue weighted by Crippen LogP contribution is -2.37. The maximum Gasteiger partial charge on any atom is 0.306 e. The van der Waals surface area contributed by atoms with Gasteiger partial charge >= 0.3 is 11.9 Å². The minimum atomic E-state index is -4.63. The number of phosphoric acid groups is 1. The van der Waals surface area contributed by atoms with Crippen LogP contribution in [0.5, 0.6) is 0 Å². The Hall–Kier alpha value is -1.77. The minimum absolute atomic E-state index is 0.0295. The predicted octanol–water partition coefficient (Wildman–Crippen LogP) is 16.6. The molecular formula is C57H108NO8P. The molecule has 2 unspecified atom stereocenters. The molecule has 0 saturated carbocycles. The first-order chi connectivity index (χ1) is 32.5. The van der Waals surface area contributed by atoms with Crippen LogP contribution >= 0.6 is 7.82 Å². The SMILES string of the molecule is CCCCCCC/C=C\C/C=C\C/C=C\CCCCCCCCCCCCCCC(=O)OC(COC(=O)CCCCCCCCCCCCCCCCCC)COP(=O)([O-])OCC[N+](C)(C)C. The molecule has 0 bridgehead atoms. The highest BCUT2D eigenvalue weighted by molar-refractivity contribution is 7.45. The summed E-state index contributed by atoms with van der Waals surface area (Å²) in [7, 11) is 1.17. The zero-order chi connectivity index (χ0) is 49.2. The molecule has 10 heteroatoms. The largest absolute Gasteiger partial charge is 0.756 e. The number of allylic oxidation sites excluding steroid dienone is 6. The van der Waals surface area contributed by atoms with E-state index in [0.717, 1.165) is 51.4 Å². The number of likely N-dealkylation sites (N-methyl/N-ethyl adjacent to an activating group) is 1. The van der Waals surface area contributed by atoms with Gasteiger partial charge in [-0.15, -0.1) is 0 Å². The Balaban J connectivity index is 4.14. The molecule has 0 aliphatic carbocycles. The van der Waals surface area contributed by atoms with Crippen molar-refractivity contribution in [3.63, 3.8) is 0 Å². The number of rotatable bonds is 52. The Morgan fingerprint density at radius 3 is 1.19 bits per heavy atom. The van der Waals surface area contributed by atoms with Crippen LogP contribution < -0.4 is 4.89 Å². The molecule has 0 radical (unpaired) electrons. The van der Waals surface area contributed by atoms with Gasteiger partial charge < -0.3 is 27.9 Å². The molecule has 0 aliphatic rings. The quantitative estimate of drug-likeness (QED) is 0.0195. The number of phosphoric ester groups is 1.